The first kappa shape index (κ1) is 27.7. The second-order valence-electron chi connectivity index (χ2n) is 8.03. The lowest BCUT2D eigenvalue weighted by atomic mass is 10.2. The normalized spacial score (nSPS) is 13.2. The van der Waals surface area contributed by atoms with E-state index in [4.69, 9.17) is 15.6 Å². The molecular formula is C25H30N6O5S. The number of aromatic nitrogens is 2. The number of anilines is 2. The third-order valence-corrected chi connectivity index (χ3v) is 7.12. The Morgan fingerprint density at radius 1 is 1.16 bits per heavy atom. The zero-order valence-corrected chi connectivity index (χ0v) is 21.7. The summed E-state index contributed by atoms with van der Waals surface area (Å²) >= 11 is 0. The Labute approximate surface area is 216 Å². The number of rotatable bonds is 8. The van der Waals surface area contributed by atoms with Crippen molar-refractivity contribution in [1.82, 2.24) is 14.3 Å². The minimum Gasteiger partial charge on any atom is -0.478 e. The van der Waals surface area contributed by atoms with E-state index in [1.54, 1.807) is 6.21 Å². The lowest BCUT2D eigenvalue weighted by Gasteiger charge is -2.15. The summed E-state index contributed by atoms with van der Waals surface area (Å²) in [7, 11) is -3.95. The third kappa shape index (κ3) is 7.09. The average Bonchev–Trinajstić information content (AvgIpc) is 3.31. The Morgan fingerprint density at radius 2 is 1.89 bits per heavy atom. The van der Waals surface area contributed by atoms with Crippen molar-refractivity contribution in [2.45, 2.75) is 38.8 Å². The second-order valence-corrected chi connectivity index (χ2v) is 9.97. The number of aryl methyl sites for hydroxylation is 1. The van der Waals surface area contributed by atoms with Gasteiger partial charge < -0.3 is 15.6 Å². The highest BCUT2D eigenvalue weighted by molar-refractivity contribution is 7.89. The van der Waals surface area contributed by atoms with E-state index in [2.05, 4.69) is 20.5 Å². The van der Waals surface area contributed by atoms with Gasteiger partial charge in [-0.25, -0.2) is 23.6 Å². The second kappa shape index (κ2) is 12.4. The molecule has 0 bridgehead atoms. The van der Waals surface area contributed by atoms with E-state index in [9.17, 15) is 13.2 Å². The summed E-state index contributed by atoms with van der Waals surface area (Å²) in [5.74, 6) is -0.902. The smallest absolute Gasteiger partial charge is 0.335 e. The summed E-state index contributed by atoms with van der Waals surface area (Å²) in [6, 6.07) is 13.0. The predicted octanol–water partition coefficient (Wildman–Crippen LogP) is 3.26. The first-order chi connectivity index (χ1) is 17.6. The van der Waals surface area contributed by atoms with Crippen LogP contribution in [0.5, 0.6) is 0 Å². The zero-order chi connectivity index (χ0) is 27.0. The van der Waals surface area contributed by atoms with E-state index in [0.29, 0.717) is 11.3 Å². The number of hydrogen-bond acceptors (Lipinski definition) is 9. The summed E-state index contributed by atoms with van der Waals surface area (Å²) in [5, 5.41) is 13.3. The van der Waals surface area contributed by atoms with Crippen LogP contribution in [-0.4, -0.2) is 53.2 Å². The van der Waals surface area contributed by atoms with E-state index in [1.165, 1.54) is 22.5 Å². The number of carboxylic acids is 1. The van der Waals surface area contributed by atoms with Gasteiger partial charge in [0.25, 0.3) is 0 Å². The van der Waals surface area contributed by atoms with Crippen molar-refractivity contribution in [1.29, 1.82) is 0 Å². The number of hydrazone groups is 1. The SMILES string of the molecule is CCOCC.Cc1cccc(/C=N/Nc2nc(N)c3c(n2)CN(S(=O)(=O)c2cccc(C(=O)O)c2)C3)c1. The third-order valence-electron chi connectivity index (χ3n) is 5.33. The standard InChI is InChI=1S/C21H20N6O4S.C4H10O/c1-13-4-2-5-14(8-13)10-23-26-21-24-18-12-27(11-17(18)19(22)25-21)32(30,31)16-7-3-6-15(9-16)20(28)29;1-3-5-4-2/h2-10H,11-12H2,1H3,(H,28,29)(H3,22,24,25,26);3-4H2,1-2H3/b23-10+;. The van der Waals surface area contributed by atoms with Gasteiger partial charge in [-0.1, -0.05) is 35.9 Å². The molecule has 0 spiro atoms. The maximum atomic E-state index is 13.0. The summed E-state index contributed by atoms with van der Waals surface area (Å²) in [5.41, 5.74) is 11.6. The number of benzene rings is 2. The average molecular weight is 527 g/mol. The Kier molecular flexibility index (Phi) is 9.28. The number of carboxylic acid groups (broad SMARTS) is 1. The molecule has 0 amide bonds. The van der Waals surface area contributed by atoms with Gasteiger partial charge in [0.2, 0.25) is 16.0 Å². The molecule has 1 aliphatic heterocycles. The van der Waals surface area contributed by atoms with E-state index in [0.717, 1.165) is 30.4 Å². The largest absolute Gasteiger partial charge is 0.478 e. The quantitative estimate of drug-likeness (QED) is 0.296. The number of nitrogens with one attached hydrogen (secondary N) is 1. The molecule has 196 valence electrons. The molecule has 0 radical (unpaired) electrons. The number of nitrogens with zero attached hydrogens (tertiary/aromatic N) is 4. The summed E-state index contributed by atoms with van der Waals surface area (Å²) < 4.78 is 32.1. The van der Waals surface area contributed by atoms with Crippen LogP contribution in [0.3, 0.4) is 0 Å². The van der Waals surface area contributed by atoms with Crippen LogP contribution < -0.4 is 11.2 Å². The zero-order valence-electron chi connectivity index (χ0n) is 20.9. The molecule has 11 nitrogen and oxygen atoms in total. The number of hydrogen-bond donors (Lipinski definition) is 3. The molecule has 4 rings (SSSR count). The summed E-state index contributed by atoms with van der Waals surface area (Å²) in [6.45, 7) is 7.62. The minimum atomic E-state index is -3.95. The first-order valence-electron chi connectivity index (χ1n) is 11.6. The number of carbonyl (C=O) groups is 1. The molecule has 2 heterocycles. The van der Waals surface area contributed by atoms with Crippen LogP contribution in [0, 0.1) is 6.92 Å². The van der Waals surface area contributed by atoms with Crippen molar-refractivity contribution in [3.05, 3.63) is 76.5 Å². The van der Waals surface area contributed by atoms with Crippen LogP contribution in [0.25, 0.3) is 0 Å². The fourth-order valence-corrected chi connectivity index (χ4v) is 4.95. The van der Waals surface area contributed by atoms with Gasteiger partial charge in [-0.3, -0.25) is 0 Å². The van der Waals surface area contributed by atoms with Crippen molar-refractivity contribution < 1.29 is 23.1 Å². The van der Waals surface area contributed by atoms with Gasteiger partial charge >= 0.3 is 5.97 Å². The fourth-order valence-electron chi connectivity index (χ4n) is 3.53. The molecule has 0 saturated carbocycles. The van der Waals surface area contributed by atoms with Crippen LogP contribution in [0.1, 0.15) is 46.6 Å². The molecule has 0 fully saturated rings. The Bertz CT molecular complexity index is 1390. The molecule has 0 saturated heterocycles. The van der Waals surface area contributed by atoms with Crippen LogP contribution in [0.15, 0.2) is 58.5 Å². The van der Waals surface area contributed by atoms with Gasteiger partial charge in [0.1, 0.15) is 5.82 Å². The van der Waals surface area contributed by atoms with Crippen molar-refractivity contribution in [2.24, 2.45) is 5.10 Å². The highest BCUT2D eigenvalue weighted by atomic mass is 32.2. The number of nitrogen functional groups attached to an aromatic ring is 1. The molecule has 0 aliphatic carbocycles. The van der Waals surface area contributed by atoms with Crippen LogP contribution in [0.4, 0.5) is 11.8 Å². The number of aromatic carboxylic acids is 1. The lowest BCUT2D eigenvalue weighted by molar-refractivity contribution is 0.0696. The molecule has 1 aliphatic rings. The van der Waals surface area contributed by atoms with E-state index in [1.807, 2.05) is 45.0 Å². The molecule has 4 N–H and O–H groups in total. The van der Waals surface area contributed by atoms with E-state index < -0.39 is 16.0 Å². The number of nitrogens with two attached hydrogens (primary N) is 1. The van der Waals surface area contributed by atoms with Crippen LogP contribution >= 0.6 is 0 Å². The Hall–Kier alpha value is -3.87. The maximum Gasteiger partial charge on any atom is 0.335 e. The molecule has 2 aromatic carbocycles. The van der Waals surface area contributed by atoms with Gasteiger partial charge in [-0.2, -0.15) is 14.4 Å². The van der Waals surface area contributed by atoms with Crippen molar-refractivity contribution in [3.8, 4) is 0 Å². The Balaban J connectivity index is 0.000000695. The number of sulfonamides is 1. The van der Waals surface area contributed by atoms with Gasteiger partial charge in [0, 0.05) is 25.3 Å². The highest BCUT2D eigenvalue weighted by Crippen LogP contribution is 2.31. The number of fused-ring (bicyclic) bond motifs is 1. The molecular weight excluding hydrogens is 496 g/mol. The molecule has 0 unspecified atom stereocenters. The van der Waals surface area contributed by atoms with Crippen LogP contribution in [0.2, 0.25) is 0 Å². The summed E-state index contributed by atoms with van der Waals surface area (Å²) in [4.78, 5) is 19.6. The maximum absolute atomic E-state index is 13.0. The molecule has 12 heteroatoms. The fraction of sp³-hybridized carbons (Fsp3) is 0.280. The van der Waals surface area contributed by atoms with Crippen molar-refractivity contribution in [3.63, 3.8) is 0 Å². The predicted molar refractivity (Wildman–Crippen MR) is 141 cm³/mol. The van der Waals surface area contributed by atoms with Crippen molar-refractivity contribution >= 4 is 34.0 Å². The topological polar surface area (TPSA) is 160 Å². The monoisotopic (exact) mass is 526 g/mol. The van der Waals surface area contributed by atoms with E-state index >= 15 is 0 Å². The first-order valence-corrected chi connectivity index (χ1v) is 13.0. The molecule has 1 aromatic heterocycles. The summed E-state index contributed by atoms with van der Waals surface area (Å²) in [6.07, 6.45) is 1.62. The molecule has 3 aromatic rings. The van der Waals surface area contributed by atoms with Gasteiger partial charge in [0.15, 0.2) is 0 Å². The van der Waals surface area contributed by atoms with Crippen molar-refractivity contribution in [2.75, 3.05) is 24.4 Å². The highest BCUT2D eigenvalue weighted by Gasteiger charge is 2.34. The molecule has 37 heavy (non-hydrogen) atoms. The van der Waals surface area contributed by atoms with Gasteiger partial charge in [-0.05, 0) is 44.5 Å². The minimum absolute atomic E-state index is 0.00631. The van der Waals surface area contributed by atoms with Gasteiger partial charge in [-0.15, -0.1) is 0 Å². The lowest BCUT2D eigenvalue weighted by Crippen LogP contribution is -2.26. The Morgan fingerprint density at radius 3 is 2.54 bits per heavy atom. The van der Waals surface area contributed by atoms with E-state index in [-0.39, 0.29) is 35.3 Å². The van der Waals surface area contributed by atoms with Crippen LogP contribution in [-0.2, 0) is 27.8 Å². The molecule has 0 atom stereocenters. The number of ether oxygens (including phenoxy) is 1. The van der Waals surface area contributed by atoms with Gasteiger partial charge in [0.05, 0.1) is 28.9 Å².